The van der Waals surface area contributed by atoms with Crippen LogP contribution in [0.4, 0.5) is 0 Å². The Bertz CT molecular complexity index is 1700. The summed E-state index contributed by atoms with van der Waals surface area (Å²) < 4.78 is 29.3. The summed E-state index contributed by atoms with van der Waals surface area (Å²) in [6.45, 7) is 1.47. The number of Topliss-reactive ketones (excluding diaryl/α,β-unsaturated/α-hetero) is 1. The quantitative estimate of drug-likeness (QED) is 0.243. The molecule has 3 N–H and O–H groups in total. The fourth-order valence-electron chi connectivity index (χ4n) is 6.78. The number of furan rings is 1. The first-order chi connectivity index (χ1) is 21.2. The SMILES string of the molecule is COc1ccc([C@@]23Oc4cc(OC)cc(OC)c4[C@]2(O)[C@H](O)[C@H](C(=O)c2ccc(CNC(C)=O)o2)[C@H]3c2ccccc2)cc1. The molecule has 0 unspecified atom stereocenters. The van der Waals surface area contributed by atoms with Crippen molar-refractivity contribution in [1.82, 2.24) is 5.32 Å². The van der Waals surface area contributed by atoms with Crippen LogP contribution >= 0.6 is 0 Å². The molecular weight excluding hydrogens is 566 g/mol. The summed E-state index contributed by atoms with van der Waals surface area (Å²) >= 11 is 0. The topological polar surface area (TPSA) is 137 Å². The molecule has 1 aliphatic carbocycles. The van der Waals surface area contributed by atoms with Gasteiger partial charge >= 0.3 is 0 Å². The molecule has 10 heteroatoms. The lowest BCUT2D eigenvalue weighted by Crippen LogP contribution is -2.52. The number of amides is 1. The molecule has 2 aliphatic rings. The molecule has 0 saturated heterocycles. The van der Waals surface area contributed by atoms with E-state index >= 15 is 0 Å². The summed E-state index contributed by atoms with van der Waals surface area (Å²) in [5, 5.41) is 28.0. The highest BCUT2D eigenvalue weighted by atomic mass is 16.5. The number of methoxy groups -OCH3 is 3. The predicted octanol–water partition coefficient (Wildman–Crippen LogP) is 4.07. The highest BCUT2D eigenvalue weighted by molar-refractivity contribution is 5.97. The molecule has 44 heavy (non-hydrogen) atoms. The third-order valence-corrected chi connectivity index (χ3v) is 8.68. The molecule has 228 valence electrons. The van der Waals surface area contributed by atoms with Crippen LogP contribution in [0.15, 0.2) is 83.3 Å². The lowest BCUT2D eigenvalue weighted by atomic mass is 9.70. The zero-order chi connectivity index (χ0) is 31.2. The Kier molecular flexibility index (Phi) is 7.35. The average molecular weight is 600 g/mol. The van der Waals surface area contributed by atoms with Gasteiger partial charge in [0.05, 0.1) is 39.4 Å². The van der Waals surface area contributed by atoms with Crippen LogP contribution in [-0.4, -0.2) is 49.3 Å². The van der Waals surface area contributed by atoms with Crippen molar-refractivity contribution in [2.75, 3.05) is 21.3 Å². The van der Waals surface area contributed by atoms with Gasteiger partial charge in [-0.05, 0) is 35.4 Å². The molecule has 1 aromatic heterocycles. The second-order valence-corrected chi connectivity index (χ2v) is 10.9. The van der Waals surface area contributed by atoms with Crippen molar-refractivity contribution >= 4 is 11.7 Å². The monoisotopic (exact) mass is 599 g/mol. The highest BCUT2D eigenvalue weighted by Gasteiger charge is 2.78. The van der Waals surface area contributed by atoms with Gasteiger partial charge in [-0.15, -0.1) is 0 Å². The number of benzene rings is 3. The molecule has 1 fully saturated rings. The lowest BCUT2D eigenvalue weighted by Gasteiger charge is -2.40. The smallest absolute Gasteiger partial charge is 0.217 e. The second-order valence-electron chi connectivity index (χ2n) is 10.9. The highest BCUT2D eigenvalue weighted by Crippen LogP contribution is 2.70. The minimum Gasteiger partial charge on any atom is -0.497 e. The number of rotatable bonds is 9. The minimum absolute atomic E-state index is 0.0225. The Morgan fingerprint density at radius 3 is 2.25 bits per heavy atom. The first-order valence-electron chi connectivity index (χ1n) is 14.1. The van der Waals surface area contributed by atoms with E-state index in [9.17, 15) is 19.8 Å². The van der Waals surface area contributed by atoms with Gasteiger partial charge in [0, 0.05) is 25.0 Å². The van der Waals surface area contributed by atoms with Crippen molar-refractivity contribution in [2.24, 2.45) is 5.92 Å². The van der Waals surface area contributed by atoms with Gasteiger partial charge in [-0.1, -0.05) is 42.5 Å². The van der Waals surface area contributed by atoms with E-state index in [-0.39, 0.29) is 35.3 Å². The maximum absolute atomic E-state index is 14.4. The van der Waals surface area contributed by atoms with Crippen LogP contribution in [0, 0.1) is 5.92 Å². The molecule has 1 saturated carbocycles. The molecule has 3 aromatic carbocycles. The molecule has 1 amide bonds. The molecule has 4 aromatic rings. The number of carbonyl (C=O) groups is 2. The van der Waals surface area contributed by atoms with Gasteiger partial charge < -0.3 is 38.9 Å². The maximum Gasteiger partial charge on any atom is 0.217 e. The van der Waals surface area contributed by atoms with Crippen LogP contribution in [0.5, 0.6) is 23.0 Å². The summed E-state index contributed by atoms with van der Waals surface area (Å²) in [5.41, 5.74) is -2.53. The first-order valence-corrected chi connectivity index (χ1v) is 14.1. The van der Waals surface area contributed by atoms with Crippen LogP contribution in [0.2, 0.25) is 0 Å². The number of aliphatic hydroxyl groups excluding tert-OH is 1. The average Bonchev–Trinajstić information content (AvgIpc) is 3.68. The zero-order valence-electron chi connectivity index (χ0n) is 24.7. The molecule has 0 radical (unpaired) electrons. The van der Waals surface area contributed by atoms with E-state index in [1.807, 2.05) is 30.3 Å². The Balaban J connectivity index is 1.61. The maximum atomic E-state index is 14.4. The Morgan fingerprint density at radius 2 is 1.61 bits per heavy atom. The van der Waals surface area contributed by atoms with Gasteiger partial charge in [0.1, 0.15) is 34.9 Å². The van der Waals surface area contributed by atoms with Gasteiger partial charge in [-0.3, -0.25) is 9.59 Å². The van der Waals surface area contributed by atoms with Crippen molar-refractivity contribution < 1.29 is 43.2 Å². The van der Waals surface area contributed by atoms with Gasteiger partial charge in [-0.25, -0.2) is 0 Å². The summed E-state index contributed by atoms with van der Waals surface area (Å²) in [7, 11) is 4.50. The summed E-state index contributed by atoms with van der Waals surface area (Å²) in [6, 6.07) is 22.5. The van der Waals surface area contributed by atoms with Gasteiger partial charge in [0.2, 0.25) is 11.7 Å². The molecule has 2 heterocycles. The van der Waals surface area contributed by atoms with Gasteiger partial charge in [-0.2, -0.15) is 0 Å². The Morgan fingerprint density at radius 1 is 0.909 bits per heavy atom. The van der Waals surface area contributed by atoms with E-state index < -0.39 is 34.9 Å². The van der Waals surface area contributed by atoms with E-state index in [1.54, 1.807) is 49.6 Å². The molecule has 1 aliphatic heterocycles. The van der Waals surface area contributed by atoms with Crippen molar-refractivity contribution in [3.05, 3.63) is 107 Å². The largest absolute Gasteiger partial charge is 0.497 e. The number of hydrogen-bond acceptors (Lipinski definition) is 9. The van der Waals surface area contributed by atoms with Crippen molar-refractivity contribution in [3.8, 4) is 23.0 Å². The fraction of sp³-hybridized carbons (Fsp3) is 0.294. The number of ether oxygens (including phenoxy) is 4. The Labute approximate surface area is 254 Å². The summed E-state index contributed by atoms with van der Waals surface area (Å²) in [4.78, 5) is 25.9. The van der Waals surface area contributed by atoms with Crippen molar-refractivity contribution in [2.45, 2.75) is 36.7 Å². The molecule has 0 spiro atoms. The lowest BCUT2D eigenvalue weighted by molar-refractivity contribution is -0.151. The normalized spacial score (nSPS) is 25.0. The molecule has 6 rings (SSSR count). The van der Waals surface area contributed by atoms with E-state index in [2.05, 4.69) is 5.32 Å². The molecule has 10 nitrogen and oxygen atoms in total. The fourth-order valence-corrected chi connectivity index (χ4v) is 6.78. The number of carbonyl (C=O) groups excluding carboxylic acids is 2. The Hall–Kier alpha value is -4.80. The summed E-state index contributed by atoms with van der Waals surface area (Å²) in [6.07, 6.45) is -1.69. The number of aliphatic hydroxyl groups is 2. The van der Waals surface area contributed by atoms with Crippen LogP contribution in [-0.2, 0) is 22.5 Å². The van der Waals surface area contributed by atoms with Gasteiger partial charge in [0.25, 0.3) is 0 Å². The van der Waals surface area contributed by atoms with Crippen molar-refractivity contribution in [1.29, 1.82) is 0 Å². The number of fused-ring (bicyclic) bond motifs is 3. The molecule has 5 atom stereocenters. The van der Waals surface area contributed by atoms with E-state index in [1.165, 1.54) is 27.2 Å². The third-order valence-electron chi connectivity index (χ3n) is 8.68. The van der Waals surface area contributed by atoms with E-state index in [4.69, 9.17) is 23.4 Å². The van der Waals surface area contributed by atoms with Crippen LogP contribution in [0.3, 0.4) is 0 Å². The summed E-state index contributed by atoms with van der Waals surface area (Å²) in [5.74, 6) is -1.11. The van der Waals surface area contributed by atoms with Crippen LogP contribution < -0.4 is 24.3 Å². The standard InChI is InChI=1S/C34H33NO9/c1-19(36)35-18-23-14-15-25(43-23)31(37)28-29(20-8-6-5-7-9-20)34(21-10-12-22(40-2)13-11-21)33(39,32(28)38)30-26(42-4)16-24(41-3)17-27(30)44-34/h5-17,28-29,32,38-39H,18H2,1-4H3,(H,35,36)/t28-,29+,32+,33-,34-/m0/s1. The first kappa shape index (κ1) is 29.3. The molecule has 0 bridgehead atoms. The van der Waals surface area contributed by atoms with E-state index in [0.717, 1.165) is 0 Å². The zero-order valence-corrected chi connectivity index (χ0v) is 24.7. The molecular formula is C34H33NO9. The number of nitrogens with one attached hydrogen (secondary N) is 1. The second kappa shape index (κ2) is 11.0. The van der Waals surface area contributed by atoms with Gasteiger partial charge in [0.15, 0.2) is 17.0 Å². The number of ketones is 1. The van der Waals surface area contributed by atoms with Crippen molar-refractivity contribution in [3.63, 3.8) is 0 Å². The number of hydrogen-bond donors (Lipinski definition) is 3. The van der Waals surface area contributed by atoms with E-state index in [0.29, 0.717) is 28.4 Å². The van der Waals surface area contributed by atoms with Crippen LogP contribution in [0.25, 0.3) is 0 Å². The minimum atomic E-state index is -2.18. The third kappa shape index (κ3) is 4.24. The van der Waals surface area contributed by atoms with Crippen LogP contribution in [0.1, 0.15) is 45.8 Å². The predicted molar refractivity (Wildman–Crippen MR) is 158 cm³/mol.